The third kappa shape index (κ3) is 3.22. The summed E-state index contributed by atoms with van der Waals surface area (Å²) in [5.74, 6) is -2.67. The number of hydrogen-bond donors (Lipinski definition) is 0. The minimum atomic E-state index is -4.78. The first-order valence-electron chi connectivity index (χ1n) is 4.85. The Kier molecular flexibility index (Phi) is 4.34. The average Bonchev–Trinajstić information content (AvgIpc) is 2.27. The first-order chi connectivity index (χ1) is 8.27. The van der Waals surface area contributed by atoms with Crippen LogP contribution in [0.5, 0.6) is 0 Å². The molecular weight excluding hydrogens is 273 g/mol. The molecule has 0 heterocycles. The Morgan fingerprint density at radius 2 is 1.94 bits per heavy atom. The number of hydrogen-bond acceptors (Lipinski definition) is 3. The van der Waals surface area contributed by atoms with Crippen molar-refractivity contribution in [3.63, 3.8) is 0 Å². The molecule has 0 saturated heterocycles. The Morgan fingerprint density at radius 1 is 1.33 bits per heavy atom. The Labute approximate surface area is 105 Å². The van der Waals surface area contributed by atoms with E-state index in [1.165, 1.54) is 6.92 Å². The maximum atomic E-state index is 12.7. The van der Waals surface area contributed by atoms with Crippen molar-refractivity contribution in [1.29, 1.82) is 0 Å². The summed E-state index contributed by atoms with van der Waals surface area (Å²) < 4.78 is 42.4. The Morgan fingerprint density at radius 3 is 2.44 bits per heavy atom. The van der Waals surface area contributed by atoms with Gasteiger partial charge >= 0.3 is 12.1 Å². The topological polar surface area (TPSA) is 43.4 Å². The molecule has 7 heteroatoms. The molecule has 0 atom stereocenters. The normalized spacial score (nSPS) is 11.2. The van der Waals surface area contributed by atoms with E-state index in [0.717, 1.165) is 12.1 Å². The molecular formula is C11H8ClF3O3. The van der Waals surface area contributed by atoms with Crippen molar-refractivity contribution in [2.75, 3.05) is 6.61 Å². The number of esters is 1. The standard InChI is InChI=1S/C11H8ClF3O3/c1-2-18-10(17)9(16)7-4-3-6(12)5-8(7)11(13,14)15/h3-5H,2H2,1H3. The van der Waals surface area contributed by atoms with Crippen molar-refractivity contribution < 1.29 is 27.5 Å². The molecule has 18 heavy (non-hydrogen) atoms. The van der Waals surface area contributed by atoms with Crippen molar-refractivity contribution in [2.45, 2.75) is 13.1 Å². The van der Waals surface area contributed by atoms with Gasteiger partial charge in [0.25, 0.3) is 5.78 Å². The predicted molar refractivity (Wildman–Crippen MR) is 57.4 cm³/mol. The van der Waals surface area contributed by atoms with Crippen molar-refractivity contribution in [2.24, 2.45) is 0 Å². The molecule has 1 aromatic rings. The number of ether oxygens (including phenoxy) is 1. The van der Waals surface area contributed by atoms with Crippen molar-refractivity contribution in [3.05, 3.63) is 34.3 Å². The Hall–Kier alpha value is -1.56. The van der Waals surface area contributed by atoms with E-state index in [1.807, 2.05) is 0 Å². The van der Waals surface area contributed by atoms with Gasteiger partial charge in [-0.2, -0.15) is 13.2 Å². The van der Waals surface area contributed by atoms with Gasteiger partial charge in [0.15, 0.2) is 0 Å². The lowest BCUT2D eigenvalue weighted by Gasteiger charge is -2.11. The molecule has 0 aliphatic rings. The van der Waals surface area contributed by atoms with Crippen LogP contribution in [0.15, 0.2) is 18.2 Å². The number of alkyl halides is 3. The molecule has 0 bridgehead atoms. The average molecular weight is 281 g/mol. The van der Waals surface area contributed by atoms with Crippen molar-refractivity contribution in [1.82, 2.24) is 0 Å². The summed E-state index contributed by atoms with van der Waals surface area (Å²) in [4.78, 5) is 22.6. The number of carbonyl (C=O) groups excluding carboxylic acids is 2. The van der Waals surface area contributed by atoms with Gasteiger partial charge in [-0.1, -0.05) is 11.6 Å². The second kappa shape index (κ2) is 5.39. The number of benzene rings is 1. The third-order valence-electron chi connectivity index (χ3n) is 1.99. The molecule has 0 saturated carbocycles. The van der Waals surface area contributed by atoms with Crippen LogP contribution in [-0.2, 0) is 15.7 Å². The molecule has 0 aromatic heterocycles. The van der Waals surface area contributed by atoms with E-state index in [1.54, 1.807) is 0 Å². The van der Waals surface area contributed by atoms with E-state index in [0.29, 0.717) is 6.07 Å². The number of halogens is 4. The number of rotatable bonds is 3. The Bertz CT molecular complexity index is 483. The smallest absolute Gasteiger partial charge is 0.417 e. The zero-order valence-corrected chi connectivity index (χ0v) is 9.93. The molecule has 0 aliphatic heterocycles. The van der Waals surface area contributed by atoms with Gasteiger partial charge in [0.1, 0.15) is 0 Å². The summed E-state index contributed by atoms with van der Waals surface area (Å²) in [5.41, 5.74) is -2.03. The zero-order valence-electron chi connectivity index (χ0n) is 9.18. The van der Waals surface area contributed by atoms with Gasteiger partial charge in [-0.15, -0.1) is 0 Å². The SMILES string of the molecule is CCOC(=O)C(=O)c1ccc(Cl)cc1C(F)(F)F. The lowest BCUT2D eigenvalue weighted by atomic mass is 10.0. The molecule has 0 amide bonds. The number of Topliss-reactive ketones (excluding diaryl/α,β-unsaturated/α-hetero) is 1. The highest BCUT2D eigenvalue weighted by Gasteiger charge is 2.37. The van der Waals surface area contributed by atoms with Gasteiger partial charge in [-0.3, -0.25) is 4.79 Å². The van der Waals surface area contributed by atoms with E-state index in [-0.39, 0.29) is 11.6 Å². The van der Waals surface area contributed by atoms with E-state index in [4.69, 9.17) is 11.6 Å². The predicted octanol–water partition coefficient (Wildman–Crippen LogP) is 3.10. The first-order valence-corrected chi connectivity index (χ1v) is 5.23. The Balaban J connectivity index is 3.24. The molecule has 1 rings (SSSR count). The van der Waals surface area contributed by atoms with E-state index < -0.39 is 29.1 Å². The summed E-state index contributed by atoms with van der Waals surface area (Å²) in [6.45, 7) is 1.34. The minimum Gasteiger partial charge on any atom is -0.460 e. The fourth-order valence-corrected chi connectivity index (χ4v) is 1.43. The van der Waals surface area contributed by atoms with E-state index >= 15 is 0 Å². The molecule has 0 unspecified atom stereocenters. The molecule has 0 spiro atoms. The largest absolute Gasteiger partial charge is 0.460 e. The molecule has 0 aliphatic carbocycles. The highest BCUT2D eigenvalue weighted by atomic mass is 35.5. The summed E-state index contributed by atoms with van der Waals surface area (Å²) in [6, 6.07) is 2.54. The molecule has 98 valence electrons. The first kappa shape index (κ1) is 14.5. The zero-order chi connectivity index (χ0) is 13.9. The van der Waals surface area contributed by atoms with E-state index in [9.17, 15) is 22.8 Å². The van der Waals surface area contributed by atoms with E-state index in [2.05, 4.69) is 4.74 Å². The van der Waals surface area contributed by atoms with Crippen LogP contribution in [0, 0.1) is 0 Å². The summed E-state index contributed by atoms with van der Waals surface area (Å²) >= 11 is 5.44. The fraction of sp³-hybridized carbons (Fsp3) is 0.273. The quantitative estimate of drug-likeness (QED) is 0.485. The van der Waals surface area contributed by atoms with Crippen LogP contribution in [0.3, 0.4) is 0 Å². The van der Waals surface area contributed by atoms with Crippen molar-refractivity contribution in [3.8, 4) is 0 Å². The lowest BCUT2D eigenvalue weighted by molar-refractivity contribution is -0.139. The van der Waals surface area contributed by atoms with Crippen LogP contribution in [0.4, 0.5) is 13.2 Å². The molecule has 0 radical (unpaired) electrons. The number of carbonyl (C=O) groups is 2. The highest BCUT2D eigenvalue weighted by Crippen LogP contribution is 2.34. The van der Waals surface area contributed by atoms with Crippen LogP contribution in [0.25, 0.3) is 0 Å². The maximum absolute atomic E-state index is 12.7. The van der Waals surface area contributed by atoms with Gasteiger partial charge in [0, 0.05) is 10.6 Å². The van der Waals surface area contributed by atoms with Crippen LogP contribution in [0.1, 0.15) is 22.8 Å². The van der Waals surface area contributed by atoms with Gasteiger partial charge in [-0.25, -0.2) is 4.79 Å². The van der Waals surface area contributed by atoms with Gasteiger partial charge in [0.2, 0.25) is 0 Å². The number of ketones is 1. The van der Waals surface area contributed by atoms with Gasteiger partial charge in [0.05, 0.1) is 12.2 Å². The monoisotopic (exact) mass is 280 g/mol. The molecule has 3 nitrogen and oxygen atoms in total. The van der Waals surface area contributed by atoms with Crippen LogP contribution in [-0.4, -0.2) is 18.4 Å². The summed E-state index contributed by atoms with van der Waals surface area (Å²) in [7, 11) is 0. The fourth-order valence-electron chi connectivity index (χ4n) is 1.26. The van der Waals surface area contributed by atoms with Gasteiger partial charge in [-0.05, 0) is 25.1 Å². The highest BCUT2D eigenvalue weighted by molar-refractivity contribution is 6.41. The molecule has 0 fully saturated rings. The third-order valence-corrected chi connectivity index (χ3v) is 2.23. The summed E-state index contributed by atoms with van der Waals surface area (Å²) in [5, 5.41) is -0.178. The molecule has 0 N–H and O–H groups in total. The molecule has 1 aromatic carbocycles. The van der Waals surface area contributed by atoms with Crippen molar-refractivity contribution >= 4 is 23.4 Å². The second-order valence-corrected chi connectivity index (χ2v) is 3.67. The van der Waals surface area contributed by atoms with Gasteiger partial charge < -0.3 is 4.74 Å². The van der Waals surface area contributed by atoms with Crippen LogP contribution < -0.4 is 0 Å². The minimum absolute atomic E-state index is 0.0977. The van der Waals surface area contributed by atoms with Crippen LogP contribution in [0.2, 0.25) is 5.02 Å². The summed E-state index contributed by atoms with van der Waals surface area (Å²) in [6.07, 6.45) is -4.78. The lowest BCUT2D eigenvalue weighted by Crippen LogP contribution is -2.21. The maximum Gasteiger partial charge on any atom is 0.417 e. The second-order valence-electron chi connectivity index (χ2n) is 3.24. The van der Waals surface area contributed by atoms with Crippen LogP contribution >= 0.6 is 11.6 Å².